The number of piperidine rings is 1. The number of hydrogen-bond donors (Lipinski definition) is 3. The van der Waals surface area contributed by atoms with Crippen molar-refractivity contribution < 1.29 is 19.1 Å². The molecule has 0 bridgehead atoms. The van der Waals surface area contributed by atoms with Crippen molar-refractivity contribution in [3.8, 4) is 0 Å². The molecule has 8 nitrogen and oxygen atoms in total. The predicted molar refractivity (Wildman–Crippen MR) is 109 cm³/mol. The lowest BCUT2D eigenvalue weighted by atomic mass is 9.85. The molecule has 3 rings (SSSR count). The van der Waals surface area contributed by atoms with Crippen LogP contribution in [-0.2, 0) is 26.3 Å². The Bertz CT molecular complexity index is 746. The normalized spacial score (nSPS) is 18.6. The summed E-state index contributed by atoms with van der Waals surface area (Å²) in [6.45, 7) is 3.47. The Morgan fingerprint density at radius 3 is 2.64 bits per heavy atom. The Labute approximate surface area is 174 Å². The van der Waals surface area contributed by atoms with E-state index in [-0.39, 0.29) is 36.7 Å². The zero-order valence-electron chi connectivity index (χ0n) is 16.1. The van der Waals surface area contributed by atoms with Crippen molar-refractivity contribution in [1.82, 2.24) is 15.5 Å². The van der Waals surface area contributed by atoms with E-state index in [9.17, 15) is 14.4 Å². The molecule has 1 spiro atoms. The predicted octanol–water partition coefficient (Wildman–Crippen LogP) is 0.383. The number of thiophene rings is 1. The third-order valence-electron chi connectivity index (χ3n) is 5.28. The minimum Gasteiger partial charge on any atom is -0.369 e. The first kappa shape index (κ1) is 22.6. The van der Waals surface area contributed by atoms with Gasteiger partial charge in [-0.05, 0) is 37.8 Å². The molecule has 4 N–H and O–H groups in total. The Hall–Kier alpha value is -1.68. The molecular formula is C18H27ClN4O4S. The highest BCUT2D eigenvalue weighted by Crippen LogP contribution is 2.45. The fourth-order valence-electron chi connectivity index (χ4n) is 3.70. The Balaban J connectivity index is 0.00000280. The summed E-state index contributed by atoms with van der Waals surface area (Å²) in [5, 5.41) is 5.25. The second-order valence-corrected chi connectivity index (χ2v) is 8.00. The maximum atomic E-state index is 12.6. The highest BCUT2D eigenvalue weighted by atomic mass is 35.5. The molecule has 3 heterocycles. The van der Waals surface area contributed by atoms with Gasteiger partial charge in [0, 0.05) is 25.0 Å². The van der Waals surface area contributed by atoms with E-state index in [1.54, 1.807) is 11.8 Å². The van der Waals surface area contributed by atoms with E-state index < -0.39 is 11.6 Å². The average Bonchev–Trinajstić information content (AvgIpc) is 3.13. The number of carbonyl (C=O) groups is 3. The zero-order chi connectivity index (χ0) is 19.6. The maximum absolute atomic E-state index is 12.6. The van der Waals surface area contributed by atoms with Crippen LogP contribution in [0.25, 0.3) is 0 Å². The number of carbonyl (C=O) groups excluding carboxylic acids is 3. The number of nitrogens with one attached hydrogen (secondary N) is 2. The molecule has 0 aliphatic carbocycles. The molecular weight excluding hydrogens is 404 g/mol. The van der Waals surface area contributed by atoms with Gasteiger partial charge in [-0.3, -0.25) is 14.4 Å². The van der Waals surface area contributed by atoms with Crippen LogP contribution in [0.4, 0.5) is 0 Å². The summed E-state index contributed by atoms with van der Waals surface area (Å²) in [6, 6.07) is 1.31. The van der Waals surface area contributed by atoms with Gasteiger partial charge in [-0.1, -0.05) is 0 Å². The number of ether oxygens (including phenoxy) is 1. The SMILES string of the molecule is CNC(=O)C(C)NC(=O)c1cc2c(s1)C1(CCN(C(=O)CN)CC1)OCC2.Cl. The largest absolute Gasteiger partial charge is 0.369 e. The number of fused-ring (bicyclic) bond motifs is 2. The molecule has 0 aromatic carbocycles. The van der Waals surface area contributed by atoms with Crippen molar-refractivity contribution >= 4 is 41.5 Å². The van der Waals surface area contributed by atoms with Crippen LogP contribution in [-0.4, -0.2) is 62.0 Å². The van der Waals surface area contributed by atoms with Gasteiger partial charge in [-0.15, -0.1) is 23.7 Å². The first-order valence-corrected chi connectivity index (χ1v) is 9.99. The van der Waals surface area contributed by atoms with Gasteiger partial charge in [-0.2, -0.15) is 0 Å². The van der Waals surface area contributed by atoms with E-state index in [1.165, 1.54) is 18.4 Å². The van der Waals surface area contributed by atoms with E-state index in [0.29, 0.717) is 37.4 Å². The molecule has 3 amide bonds. The lowest BCUT2D eigenvalue weighted by molar-refractivity contribution is -0.138. The molecule has 156 valence electrons. The van der Waals surface area contributed by atoms with Crippen LogP contribution >= 0.6 is 23.7 Å². The van der Waals surface area contributed by atoms with Crippen LogP contribution < -0.4 is 16.4 Å². The smallest absolute Gasteiger partial charge is 0.262 e. The van der Waals surface area contributed by atoms with Crippen molar-refractivity contribution in [2.45, 2.75) is 37.8 Å². The lowest BCUT2D eigenvalue weighted by Crippen LogP contribution is -2.49. The van der Waals surface area contributed by atoms with Crippen LogP contribution in [0.15, 0.2) is 6.07 Å². The fraction of sp³-hybridized carbons (Fsp3) is 0.611. The minimum atomic E-state index is -0.600. The Morgan fingerprint density at radius 1 is 1.36 bits per heavy atom. The first-order chi connectivity index (χ1) is 12.9. The Kier molecular flexibility index (Phi) is 7.44. The number of nitrogens with zero attached hydrogens (tertiary/aromatic N) is 1. The van der Waals surface area contributed by atoms with Gasteiger partial charge < -0.3 is 26.0 Å². The maximum Gasteiger partial charge on any atom is 0.262 e. The monoisotopic (exact) mass is 430 g/mol. The molecule has 1 unspecified atom stereocenters. The quantitative estimate of drug-likeness (QED) is 0.639. The molecule has 1 fully saturated rings. The molecule has 1 atom stereocenters. The van der Waals surface area contributed by atoms with E-state index in [4.69, 9.17) is 10.5 Å². The Morgan fingerprint density at radius 2 is 2.04 bits per heavy atom. The number of likely N-dealkylation sites (tertiary alicyclic amines) is 1. The summed E-state index contributed by atoms with van der Waals surface area (Å²) >= 11 is 1.43. The summed E-state index contributed by atoms with van der Waals surface area (Å²) in [7, 11) is 1.54. The van der Waals surface area contributed by atoms with Gasteiger partial charge in [0.2, 0.25) is 11.8 Å². The summed E-state index contributed by atoms with van der Waals surface area (Å²) in [5.41, 5.74) is 6.16. The van der Waals surface area contributed by atoms with Gasteiger partial charge in [0.25, 0.3) is 5.91 Å². The number of rotatable bonds is 4. The third kappa shape index (κ3) is 4.32. The van der Waals surface area contributed by atoms with Crippen LogP contribution in [0.1, 0.15) is 39.9 Å². The van der Waals surface area contributed by atoms with Crippen LogP contribution in [0, 0.1) is 0 Å². The summed E-state index contributed by atoms with van der Waals surface area (Å²) in [5.74, 6) is -0.534. The molecule has 2 aliphatic heterocycles. The molecule has 2 aliphatic rings. The summed E-state index contributed by atoms with van der Waals surface area (Å²) in [4.78, 5) is 39.5. The number of likely N-dealkylation sites (N-methyl/N-ethyl adjacent to an activating group) is 1. The number of halogens is 1. The second kappa shape index (κ2) is 9.21. The molecule has 1 aromatic rings. The van der Waals surface area contributed by atoms with Crippen LogP contribution in [0.2, 0.25) is 0 Å². The average molecular weight is 431 g/mol. The van der Waals surface area contributed by atoms with Crippen molar-refractivity contribution in [3.05, 3.63) is 21.4 Å². The summed E-state index contributed by atoms with van der Waals surface area (Å²) in [6.07, 6.45) is 2.15. The number of nitrogens with two attached hydrogens (primary N) is 1. The van der Waals surface area contributed by atoms with Gasteiger partial charge in [0.1, 0.15) is 11.6 Å². The molecule has 1 aromatic heterocycles. The second-order valence-electron chi connectivity index (χ2n) is 6.95. The lowest BCUT2D eigenvalue weighted by Gasteiger charge is -2.43. The van der Waals surface area contributed by atoms with Gasteiger partial charge in [-0.25, -0.2) is 0 Å². The molecule has 0 saturated carbocycles. The molecule has 0 radical (unpaired) electrons. The number of hydrogen-bond acceptors (Lipinski definition) is 6. The van der Waals surface area contributed by atoms with Crippen molar-refractivity contribution in [2.24, 2.45) is 5.73 Å². The van der Waals surface area contributed by atoms with Crippen LogP contribution in [0.3, 0.4) is 0 Å². The minimum absolute atomic E-state index is 0. The first-order valence-electron chi connectivity index (χ1n) is 9.17. The van der Waals surface area contributed by atoms with Crippen molar-refractivity contribution in [2.75, 3.05) is 33.3 Å². The van der Waals surface area contributed by atoms with Gasteiger partial charge in [0.05, 0.1) is 18.0 Å². The van der Waals surface area contributed by atoms with E-state index in [2.05, 4.69) is 10.6 Å². The highest BCUT2D eigenvalue weighted by molar-refractivity contribution is 7.14. The van der Waals surface area contributed by atoms with Gasteiger partial charge >= 0.3 is 0 Å². The topological polar surface area (TPSA) is 114 Å². The standard InChI is InChI=1S/C18H26N4O4S.ClH/c1-11(16(24)20-2)21-17(25)13-9-12-3-8-26-18(15(12)27-13)4-6-22(7-5-18)14(23)10-19;/h9,11H,3-8,10,19H2,1-2H3,(H,20,24)(H,21,25);1H. The molecule has 1 saturated heterocycles. The van der Waals surface area contributed by atoms with E-state index in [0.717, 1.165) is 16.9 Å². The fourth-order valence-corrected chi connectivity index (χ4v) is 5.02. The van der Waals surface area contributed by atoms with E-state index in [1.807, 2.05) is 6.07 Å². The molecule has 10 heteroatoms. The third-order valence-corrected chi connectivity index (χ3v) is 6.64. The number of amides is 3. The van der Waals surface area contributed by atoms with E-state index >= 15 is 0 Å². The van der Waals surface area contributed by atoms with Gasteiger partial charge in [0.15, 0.2) is 0 Å². The van der Waals surface area contributed by atoms with Crippen LogP contribution in [0.5, 0.6) is 0 Å². The zero-order valence-corrected chi connectivity index (χ0v) is 17.7. The summed E-state index contributed by atoms with van der Waals surface area (Å²) < 4.78 is 6.17. The molecule has 28 heavy (non-hydrogen) atoms. The highest BCUT2D eigenvalue weighted by Gasteiger charge is 2.43. The van der Waals surface area contributed by atoms with Crippen molar-refractivity contribution in [1.29, 1.82) is 0 Å². The van der Waals surface area contributed by atoms with Crippen molar-refractivity contribution in [3.63, 3.8) is 0 Å².